The smallest absolute Gasteiger partial charge is 0.243 e. The van der Waals surface area contributed by atoms with Crippen LogP contribution in [0, 0.1) is 18.7 Å². The average Bonchev–Trinajstić information content (AvgIpc) is 3.01. The fourth-order valence-electron chi connectivity index (χ4n) is 3.23. The lowest BCUT2D eigenvalue weighted by Crippen LogP contribution is -2.42. The molecule has 0 aliphatic carbocycles. The van der Waals surface area contributed by atoms with Gasteiger partial charge in [0.2, 0.25) is 10.0 Å². The number of nitrogens with zero attached hydrogens (tertiary/aromatic N) is 3. The van der Waals surface area contributed by atoms with Crippen LogP contribution >= 0.6 is 0 Å². The summed E-state index contributed by atoms with van der Waals surface area (Å²) in [6, 6.07) is 4.00. The Kier molecular flexibility index (Phi) is 5.21. The molecule has 0 radical (unpaired) electrons. The number of aromatic nitrogens is 2. The molecule has 1 unspecified atom stereocenters. The van der Waals surface area contributed by atoms with Crippen LogP contribution in [0.4, 0.5) is 4.39 Å². The minimum Gasteiger partial charge on any atom is -0.319 e. The van der Waals surface area contributed by atoms with Gasteiger partial charge in [0.1, 0.15) is 11.5 Å². The lowest BCUT2D eigenvalue weighted by molar-refractivity contribution is 0.263. The van der Waals surface area contributed by atoms with Crippen LogP contribution in [0.25, 0.3) is 5.69 Å². The van der Waals surface area contributed by atoms with Gasteiger partial charge in [0.05, 0.1) is 11.1 Å². The summed E-state index contributed by atoms with van der Waals surface area (Å²) in [6.45, 7) is 3.57. The molecule has 6 nitrogen and oxygen atoms in total. The second-order valence-corrected chi connectivity index (χ2v) is 8.44. The Morgan fingerprint density at radius 2 is 2.20 bits per heavy atom. The number of piperidine rings is 1. The molecule has 3 rings (SSSR count). The highest BCUT2D eigenvalue weighted by molar-refractivity contribution is 7.89. The van der Waals surface area contributed by atoms with E-state index in [4.69, 9.17) is 0 Å². The first-order valence-corrected chi connectivity index (χ1v) is 9.82. The van der Waals surface area contributed by atoms with Gasteiger partial charge in [0.25, 0.3) is 0 Å². The fourth-order valence-corrected chi connectivity index (χ4v) is 4.80. The van der Waals surface area contributed by atoms with Crippen LogP contribution < -0.4 is 5.32 Å². The molecular weight excluding hydrogens is 343 g/mol. The van der Waals surface area contributed by atoms with E-state index < -0.39 is 15.8 Å². The topological polar surface area (TPSA) is 67.2 Å². The van der Waals surface area contributed by atoms with E-state index in [1.54, 1.807) is 12.4 Å². The summed E-state index contributed by atoms with van der Waals surface area (Å²) >= 11 is 0. The van der Waals surface area contributed by atoms with Crippen LogP contribution in [0.1, 0.15) is 18.4 Å². The second kappa shape index (κ2) is 7.23. The Labute approximate surface area is 147 Å². The van der Waals surface area contributed by atoms with E-state index in [0.29, 0.717) is 13.1 Å². The van der Waals surface area contributed by atoms with Gasteiger partial charge in [-0.1, -0.05) is 0 Å². The monoisotopic (exact) mass is 366 g/mol. The molecule has 1 fully saturated rings. The molecule has 25 heavy (non-hydrogen) atoms. The third kappa shape index (κ3) is 3.75. The maximum absolute atomic E-state index is 14.5. The summed E-state index contributed by atoms with van der Waals surface area (Å²) in [5.74, 6) is -0.322. The second-order valence-electron chi connectivity index (χ2n) is 6.50. The molecule has 1 saturated heterocycles. The van der Waals surface area contributed by atoms with E-state index in [1.165, 1.54) is 21.1 Å². The predicted molar refractivity (Wildman–Crippen MR) is 93.7 cm³/mol. The third-order valence-corrected chi connectivity index (χ3v) is 6.35. The summed E-state index contributed by atoms with van der Waals surface area (Å²) in [7, 11) is -1.83. The molecule has 1 atom stereocenters. The molecule has 0 amide bonds. The maximum atomic E-state index is 14.5. The molecule has 1 aliphatic rings. The van der Waals surface area contributed by atoms with Gasteiger partial charge in [0, 0.05) is 19.3 Å². The van der Waals surface area contributed by atoms with Crippen molar-refractivity contribution in [3.05, 3.63) is 42.0 Å². The molecule has 1 aliphatic heterocycles. The number of hydrogen-bond acceptors (Lipinski definition) is 4. The zero-order chi connectivity index (χ0) is 18.0. The third-order valence-electron chi connectivity index (χ3n) is 4.49. The molecular formula is C17H23FN4O2S. The zero-order valence-corrected chi connectivity index (χ0v) is 15.3. The van der Waals surface area contributed by atoms with Crippen molar-refractivity contribution >= 4 is 10.0 Å². The average molecular weight is 366 g/mol. The van der Waals surface area contributed by atoms with Crippen molar-refractivity contribution in [2.24, 2.45) is 5.92 Å². The normalized spacial score (nSPS) is 19.2. The number of rotatable bonds is 5. The maximum Gasteiger partial charge on any atom is 0.243 e. The Balaban J connectivity index is 1.86. The lowest BCUT2D eigenvalue weighted by atomic mass is 10.00. The van der Waals surface area contributed by atoms with E-state index in [0.717, 1.165) is 31.0 Å². The number of sulfonamides is 1. The molecule has 1 N–H and O–H groups in total. The molecule has 0 spiro atoms. The number of aryl methyl sites for hydroxylation is 1. The van der Waals surface area contributed by atoms with Crippen LogP contribution in [-0.2, 0) is 10.0 Å². The number of halogens is 1. The summed E-state index contributed by atoms with van der Waals surface area (Å²) in [6.07, 6.45) is 5.14. The largest absolute Gasteiger partial charge is 0.319 e. The summed E-state index contributed by atoms with van der Waals surface area (Å²) < 4.78 is 43.1. The van der Waals surface area contributed by atoms with Crippen molar-refractivity contribution in [3.63, 3.8) is 0 Å². The predicted octanol–water partition coefficient (Wildman–Crippen LogP) is 1.94. The highest BCUT2D eigenvalue weighted by Gasteiger charge is 2.30. The van der Waals surface area contributed by atoms with Gasteiger partial charge < -0.3 is 5.32 Å². The van der Waals surface area contributed by atoms with Gasteiger partial charge in [-0.3, -0.25) is 0 Å². The van der Waals surface area contributed by atoms with Gasteiger partial charge in [-0.15, -0.1) is 0 Å². The molecule has 2 heterocycles. The Morgan fingerprint density at radius 1 is 1.40 bits per heavy atom. The van der Waals surface area contributed by atoms with Crippen molar-refractivity contribution in [1.29, 1.82) is 0 Å². The van der Waals surface area contributed by atoms with E-state index >= 15 is 0 Å². The summed E-state index contributed by atoms with van der Waals surface area (Å²) in [5, 5.41) is 7.16. The first-order chi connectivity index (χ1) is 11.9. The number of benzene rings is 1. The van der Waals surface area contributed by atoms with Crippen LogP contribution in [0.15, 0.2) is 35.5 Å². The first kappa shape index (κ1) is 18.0. The van der Waals surface area contributed by atoms with Gasteiger partial charge in [0.15, 0.2) is 0 Å². The standard InChI is InChI=1S/C17H23FN4O2S/c1-13-9-20-22(11-13)17-6-5-15(8-16(17)18)25(23,24)21-7-3-4-14(12-21)10-19-2/h5-6,8-9,11,14,19H,3-4,7,10,12H2,1-2H3. The van der Waals surface area contributed by atoms with Crippen molar-refractivity contribution < 1.29 is 12.8 Å². The van der Waals surface area contributed by atoms with Crippen molar-refractivity contribution in [1.82, 2.24) is 19.4 Å². The highest BCUT2D eigenvalue weighted by atomic mass is 32.2. The molecule has 0 saturated carbocycles. The first-order valence-electron chi connectivity index (χ1n) is 8.38. The number of nitrogens with one attached hydrogen (secondary N) is 1. The number of hydrogen-bond donors (Lipinski definition) is 1. The highest BCUT2D eigenvalue weighted by Crippen LogP contribution is 2.25. The van der Waals surface area contributed by atoms with E-state index in [-0.39, 0.29) is 16.5 Å². The molecule has 1 aromatic carbocycles. The van der Waals surface area contributed by atoms with Crippen LogP contribution in [-0.4, -0.2) is 49.2 Å². The quantitative estimate of drug-likeness (QED) is 0.878. The van der Waals surface area contributed by atoms with E-state index in [2.05, 4.69) is 10.4 Å². The van der Waals surface area contributed by atoms with Gasteiger partial charge in [-0.2, -0.15) is 9.40 Å². The van der Waals surface area contributed by atoms with Gasteiger partial charge >= 0.3 is 0 Å². The Bertz CT molecular complexity index is 848. The Morgan fingerprint density at radius 3 is 2.84 bits per heavy atom. The minimum absolute atomic E-state index is 0.0114. The lowest BCUT2D eigenvalue weighted by Gasteiger charge is -2.31. The van der Waals surface area contributed by atoms with Gasteiger partial charge in [-0.25, -0.2) is 17.5 Å². The summed E-state index contributed by atoms with van der Waals surface area (Å²) in [4.78, 5) is -0.0114. The van der Waals surface area contributed by atoms with Crippen molar-refractivity contribution in [3.8, 4) is 5.69 Å². The molecule has 136 valence electrons. The summed E-state index contributed by atoms with van der Waals surface area (Å²) in [5.41, 5.74) is 1.14. The minimum atomic E-state index is -3.69. The van der Waals surface area contributed by atoms with E-state index in [9.17, 15) is 12.8 Å². The van der Waals surface area contributed by atoms with Crippen LogP contribution in [0.2, 0.25) is 0 Å². The van der Waals surface area contributed by atoms with Gasteiger partial charge in [-0.05, 0) is 63.0 Å². The molecule has 1 aromatic heterocycles. The van der Waals surface area contributed by atoms with E-state index in [1.807, 2.05) is 14.0 Å². The molecule has 0 bridgehead atoms. The van der Waals surface area contributed by atoms with Crippen LogP contribution in [0.5, 0.6) is 0 Å². The molecule has 8 heteroatoms. The zero-order valence-electron chi connectivity index (χ0n) is 14.4. The fraction of sp³-hybridized carbons (Fsp3) is 0.471. The Hall–Kier alpha value is -1.77. The van der Waals surface area contributed by atoms with Crippen LogP contribution in [0.3, 0.4) is 0 Å². The van der Waals surface area contributed by atoms with Crippen molar-refractivity contribution in [2.45, 2.75) is 24.7 Å². The SMILES string of the molecule is CNCC1CCCN(S(=O)(=O)c2ccc(-n3cc(C)cn3)c(F)c2)C1. The van der Waals surface area contributed by atoms with Crippen molar-refractivity contribution in [2.75, 3.05) is 26.7 Å². The molecule has 2 aromatic rings.